The predicted octanol–water partition coefficient (Wildman–Crippen LogP) is 6.25. The van der Waals surface area contributed by atoms with Gasteiger partial charge in [-0.1, -0.05) is 106 Å². The van der Waals surface area contributed by atoms with Gasteiger partial charge in [0.2, 0.25) is 0 Å². The number of hydrogen-bond donors (Lipinski definition) is 0. The van der Waals surface area contributed by atoms with E-state index < -0.39 is 36.4 Å². The monoisotopic (exact) mass is 620 g/mol. The first-order valence-electron chi connectivity index (χ1n) is 15.7. The largest absolute Gasteiger partial charge is 0.404 e. The van der Waals surface area contributed by atoms with E-state index >= 15 is 0 Å². The highest BCUT2D eigenvalue weighted by molar-refractivity contribution is 7.86. The third-order valence-electron chi connectivity index (χ3n) is 9.38. The van der Waals surface area contributed by atoms with Crippen LogP contribution in [0.25, 0.3) is 0 Å². The summed E-state index contributed by atoms with van der Waals surface area (Å²) in [5.41, 5.74) is 0.988. The van der Waals surface area contributed by atoms with Crippen LogP contribution >= 0.6 is 0 Å². The molecule has 0 radical (unpaired) electrons. The van der Waals surface area contributed by atoms with Crippen LogP contribution in [0.15, 0.2) is 89.8 Å². The minimum atomic E-state index is -4.04. The second-order valence-electron chi connectivity index (χ2n) is 13.5. The number of ether oxygens (including phenoxy) is 2. The van der Waals surface area contributed by atoms with Gasteiger partial charge in [-0.05, 0) is 47.3 Å². The summed E-state index contributed by atoms with van der Waals surface area (Å²) in [7, 11) is -6.93. The Morgan fingerprint density at radius 2 is 1.37 bits per heavy atom. The molecular weight excluding hydrogens is 577 g/mol. The lowest BCUT2D eigenvalue weighted by Crippen LogP contribution is -2.68. The SMILES string of the molecule is Cc1ccc(S(=O)(=O)O[C@@H]2C[C@H](O[Si](c3ccccc3)(c3ccccc3)C(C)(C)C)C[C@H]3OC4(CCCCC4)O[C@H]32)cc1. The van der Waals surface area contributed by atoms with Gasteiger partial charge in [-0.15, -0.1) is 0 Å². The van der Waals surface area contributed by atoms with Gasteiger partial charge in [0.25, 0.3) is 18.4 Å². The van der Waals surface area contributed by atoms with Crippen LogP contribution in [0.4, 0.5) is 0 Å². The van der Waals surface area contributed by atoms with Gasteiger partial charge in [0.05, 0.1) is 17.1 Å². The Kier molecular flexibility index (Phi) is 8.47. The first kappa shape index (κ1) is 30.7. The average molecular weight is 621 g/mol. The number of benzene rings is 3. The van der Waals surface area contributed by atoms with Gasteiger partial charge in [-0.25, -0.2) is 0 Å². The van der Waals surface area contributed by atoms with E-state index in [4.69, 9.17) is 18.1 Å². The first-order valence-corrected chi connectivity index (χ1v) is 19.0. The molecule has 3 aliphatic rings. The van der Waals surface area contributed by atoms with Crippen molar-refractivity contribution < 1.29 is 26.5 Å². The maximum Gasteiger partial charge on any atom is 0.297 e. The summed E-state index contributed by atoms with van der Waals surface area (Å²) in [4.78, 5) is 0.149. The lowest BCUT2D eigenvalue weighted by Gasteiger charge is -2.47. The second kappa shape index (κ2) is 11.9. The van der Waals surface area contributed by atoms with E-state index in [1.807, 2.05) is 19.1 Å². The molecule has 230 valence electrons. The van der Waals surface area contributed by atoms with E-state index in [9.17, 15) is 8.42 Å². The van der Waals surface area contributed by atoms with Crippen molar-refractivity contribution in [3.8, 4) is 0 Å². The molecule has 6 rings (SSSR count). The Labute approximate surface area is 258 Å². The van der Waals surface area contributed by atoms with Gasteiger partial charge in [-0.3, -0.25) is 4.18 Å². The third-order valence-corrected chi connectivity index (χ3v) is 15.8. The fourth-order valence-corrected chi connectivity index (χ4v) is 13.1. The molecule has 4 atom stereocenters. The number of rotatable bonds is 7. The van der Waals surface area contributed by atoms with Crippen molar-refractivity contribution in [2.75, 3.05) is 0 Å². The molecular formula is C35H44O6SSi. The lowest BCUT2D eigenvalue weighted by molar-refractivity contribution is -0.197. The van der Waals surface area contributed by atoms with Crippen LogP contribution in [0.5, 0.6) is 0 Å². The molecule has 1 aliphatic heterocycles. The molecule has 0 bridgehead atoms. The van der Waals surface area contributed by atoms with Crippen molar-refractivity contribution in [2.24, 2.45) is 0 Å². The third kappa shape index (κ3) is 6.02. The molecule has 1 spiro atoms. The molecule has 0 amide bonds. The van der Waals surface area contributed by atoms with Crippen LogP contribution in [0.1, 0.15) is 71.3 Å². The summed E-state index contributed by atoms with van der Waals surface area (Å²) in [6.45, 7) is 8.70. The molecule has 0 unspecified atom stereocenters. The topological polar surface area (TPSA) is 71.1 Å². The molecule has 0 N–H and O–H groups in total. The Morgan fingerprint density at radius 3 is 1.93 bits per heavy atom. The average Bonchev–Trinajstić information content (AvgIpc) is 3.34. The molecule has 1 saturated heterocycles. The van der Waals surface area contributed by atoms with E-state index in [1.54, 1.807) is 24.3 Å². The maximum atomic E-state index is 13.6. The first-order chi connectivity index (χ1) is 20.5. The van der Waals surface area contributed by atoms with Gasteiger partial charge in [0.15, 0.2) is 5.79 Å². The van der Waals surface area contributed by atoms with Crippen LogP contribution in [-0.4, -0.2) is 46.9 Å². The molecule has 8 heteroatoms. The fraction of sp³-hybridized carbons (Fsp3) is 0.486. The molecule has 6 nitrogen and oxygen atoms in total. The Morgan fingerprint density at radius 1 is 0.791 bits per heavy atom. The zero-order valence-electron chi connectivity index (χ0n) is 25.7. The summed E-state index contributed by atoms with van der Waals surface area (Å²) in [6, 6.07) is 27.9. The van der Waals surface area contributed by atoms with Gasteiger partial charge >= 0.3 is 0 Å². The molecule has 1 heterocycles. The molecule has 3 aromatic carbocycles. The van der Waals surface area contributed by atoms with E-state index in [0.717, 1.165) is 37.7 Å². The summed E-state index contributed by atoms with van der Waals surface area (Å²) < 4.78 is 54.2. The van der Waals surface area contributed by atoms with Crippen molar-refractivity contribution >= 4 is 28.8 Å². The van der Waals surface area contributed by atoms with E-state index in [1.165, 1.54) is 10.4 Å². The summed E-state index contributed by atoms with van der Waals surface area (Å²) in [5, 5.41) is 2.16. The molecule has 2 aliphatic carbocycles. The van der Waals surface area contributed by atoms with Gasteiger partial charge < -0.3 is 13.9 Å². The van der Waals surface area contributed by atoms with Crippen LogP contribution in [-0.2, 0) is 28.2 Å². The number of aryl methyl sites for hydroxylation is 1. The molecule has 3 aromatic rings. The van der Waals surface area contributed by atoms with E-state index in [-0.39, 0.29) is 22.1 Å². The molecule has 0 aromatic heterocycles. The molecule has 43 heavy (non-hydrogen) atoms. The summed E-state index contributed by atoms with van der Waals surface area (Å²) in [5.74, 6) is -0.672. The van der Waals surface area contributed by atoms with Crippen molar-refractivity contribution in [3.05, 3.63) is 90.5 Å². The van der Waals surface area contributed by atoms with Crippen molar-refractivity contribution in [2.45, 2.75) is 113 Å². The second-order valence-corrected chi connectivity index (χ2v) is 19.3. The molecule has 3 fully saturated rings. The highest BCUT2D eigenvalue weighted by atomic mass is 32.2. The summed E-state index contributed by atoms with van der Waals surface area (Å²) >= 11 is 0. The standard InChI is InChI=1S/C35H44O6SSi/c1-26-18-20-28(21-19-26)42(36,37)40-32-25-27(24-31-33(32)39-35(38-31)22-12-7-13-23-35)41-43(34(2,3)4,29-14-8-5-9-15-29)30-16-10-6-11-17-30/h5-6,8-11,14-21,27,31-33H,7,12-13,22-25H2,1-4H3/t27-,31-,32-,33-/m1/s1. The van der Waals surface area contributed by atoms with Gasteiger partial charge in [0.1, 0.15) is 12.2 Å². The highest BCUT2D eigenvalue weighted by Gasteiger charge is 2.58. The minimum absolute atomic E-state index is 0.149. The van der Waals surface area contributed by atoms with Gasteiger partial charge in [0, 0.05) is 25.7 Å². The van der Waals surface area contributed by atoms with Crippen LogP contribution in [0, 0.1) is 6.92 Å². The minimum Gasteiger partial charge on any atom is -0.404 e. The number of hydrogen-bond acceptors (Lipinski definition) is 6. The molecule has 2 saturated carbocycles. The van der Waals surface area contributed by atoms with Crippen molar-refractivity contribution in [3.63, 3.8) is 0 Å². The van der Waals surface area contributed by atoms with Crippen LogP contribution < -0.4 is 10.4 Å². The summed E-state index contributed by atoms with van der Waals surface area (Å²) in [6.07, 6.45) is 4.09. The van der Waals surface area contributed by atoms with Crippen LogP contribution in [0.2, 0.25) is 5.04 Å². The Balaban J connectivity index is 1.38. The smallest absolute Gasteiger partial charge is 0.297 e. The lowest BCUT2D eigenvalue weighted by atomic mass is 9.90. The van der Waals surface area contributed by atoms with Gasteiger partial charge in [-0.2, -0.15) is 8.42 Å². The fourth-order valence-electron chi connectivity index (χ4n) is 7.32. The van der Waals surface area contributed by atoms with Crippen LogP contribution in [0.3, 0.4) is 0 Å². The number of fused-ring (bicyclic) bond motifs is 1. The zero-order chi connectivity index (χ0) is 30.3. The normalized spacial score (nSPS) is 25.9. The maximum absolute atomic E-state index is 13.6. The Hall–Kier alpha value is -2.33. The quantitative estimate of drug-likeness (QED) is 0.230. The van der Waals surface area contributed by atoms with E-state index in [0.29, 0.717) is 12.8 Å². The zero-order valence-corrected chi connectivity index (χ0v) is 27.5. The Bertz CT molecular complexity index is 1440. The van der Waals surface area contributed by atoms with Crippen molar-refractivity contribution in [1.29, 1.82) is 0 Å². The highest BCUT2D eigenvalue weighted by Crippen LogP contribution is 2.47. The van der Waals surface area contributed by atoms with Crippen molar-refractivity contribution in [1.82, 2.24) is 0 Å². The predicted molar refractivity (Wildman–Crippen MR) is 171 cm³/mol. The van der Waals surface area contributed by atoms with E-state index in [2.05, 4.69) is 69.3 Å².